The minimum Gasteiger partial charge on any atom is -0.481 e. The van der Waals surface area contributed by atoms with Gasteiger partial charge in [-0.2, -0.15) is 0 Å². The smallest absolute Gasteiger partial charge is 0.326 e. The highest BCUT2D eigenvalue weighted by molar-refractivity contribution is 5.98. The van der Waals surface area contributed by atoms with Crippen molar-refractivity contribution in [3.8, 4) is 0 Å². The quantitative estimate of drug-likeness (QED) is 0.0296. The Morgan fingerprint density at radius 2 is 0.917 bits per heavy atom. The molecule has 0 radical (unpaired) electrons. The van der Waals surface area contributed by atoms with E-state index in [0.29, 0.717) is 12.8 Å². The van der Waals surface area contributed by atoms with Gasteiger partial charge in [-0.25, -0.2) is 4.79 Å². The highest BCUT2D eigenvalue weighted by atomic mass is 16.4. The number of hydrogen-bond acceptors (Lipinski definition) is 13. The first-order valence-corrected chi connectivity index (χ1v) is 19.5. The average Bonchev–Trinajstić information content (AvgIpc) is 3.16. The van der Waals surface area contributed by atoms with Crippen molar-refractivity contribution >= 4 is 65.2 Å². The number of carboxylic acid groups (broad SMARTS) is 3. The Labute approximate surface area is 346 Å². The maximum atomic E-state index is 13.8. The fourth-order valence-corrected chi connectivity index (χ4v) is 5.52. The molecule has 9 atom stereocenters. The van der Waals surface area contributed by atoms with Gasteiger partial charge in [0.15, 0.2) is 0 Å². The van der Waals surface area contributed by atoms with Crippen molar-refractivity contribution in [3.63, 3.8) is 0 Å². The van der Waals surface area contributed by atoms with Crippen LogP contribution in [0.4, 0.5) is 0 Å². The van der Waals surface area contributed by atoms with Gasteiger partial charge in [-0.05, 0) is 50.5 Å². The molecule has 0 spiro atoms. The van der Waals surface area contributed by atoms with Crippen LogP contribution in [-0.2, 0) is 52.7 Å². The second-order valence-corrected chi connectivity index (χ2v) is 14.4. The zero-order valence-corrected chi connectivity index (χ0v) is 34.3. The van der Waals surface area contributed by atoms with Gasteiger partial charge in [-0.15, -0.1) is 0 Å². The minimum atomic E-state index is -1.86. The van der Waals surface area contributed by atoms with Crippen molar-refractivity contribution in [1.82, 2.24) is 31.9 Å². The van der Waals surface area contributed by atoms with E-state index in [1.165, 1.54) is 6.92 Å². The highest BCUT2D eigenvalue weighted by Gasteiger charge is 2.36. The first kappa shape index (κ1) is 54.1. The summed E-state index contributed by atoms with van der Waals surface area (Å²) in [6.45, 7) is 6.67. The number of carboxylic acids is 3. The first-order chi connectivity index (χ1) is 28.0. The maximum Gasteiger partial charge on any atom is 0.326 e. The van der Waals surface area contributed by atoms with E-state index < -0.39 is 151 Å². The van der Waals surface area contributed by atoms with Crippen LogP contribution in [0.3, 0.4) is 0 Å². The maximum absolute atomic E-state index is 13.8. The van der Waals surface area contributed by atoms with Crippen molar-refractivity contribution in [2.45, 2.75) is 141 Å². The molecule has 0 bridgehead atoms. The Kier molecular flexibility index (Phi) is 25.0. The molecule has 0 unspecified atom stereocenters. The Morgan fingerprint density at radius 3 is 1.32 bits per heavy atom. The predicted octanol–water partition coefficient (Wildman–Crippen LogP) is -3.99. The Morgan fingerprint density at radius 1 is 0.500 bits per heavy atom. The fraction of sp³-hybridized carbons (Fsp3) is 0.694. The van der Waals surface area contributed by atoms with Crippen LogP contribution in [0.5, 0.6) is 0 Å². The van der Waals surface area contributed by atoms with Crippen LogP contribution in [0, 0.1) is 11.8 Å². The number of primary amides is 2. The molecule has 60 heavy (non-hydrogen) atoms. The van der Waals surface area contributed by atoms with Crippen LogP contribution >= 0.6 is 0 Å². The van der Waals surface area contributed by atoms with Crippen LogP contribution in [0.15, 0.2) is 0 Å². The summed E-state index contributed by atoms with van der Waals surface area (Å²) in [6.07, 6.45) is -2.38. The summed E-state index contributed by atoms with van der Waals surface area (Å²) in [5.41, 5.74) is 21.8. The van der Waals surface area contributed by atoms with Gasteiger partial charge < -0.3 is 70.2 Å². The number of rotatable bonds is 31. The van der Waals surface area contributed by atoms with Crippen LogP contribution in [0.25, 0.3) is 0 Å². The molecule has 0 rings (SSSR count). The Balaban J connectivity index is 6.62. The predicted molar refractivity (Wildman–Crippen MR) is 210 cm³/mol. The summed E-state index contributed by atoms with van der Waals surface area (Å²) in [7, 11) is 0. The van der Waals surface area contributed by atoms with E-state index in [4.69, 9.17) is 28.0 Å². The summed E-state index contributed by atoms with van der Waals surface area (Å²) >= 11 is 0. The molecule has 0 aromatic rings. The molecule has 17 N–H and O–H groups in total. The third-order valence-corrected chi connectivity index (χ3v) is 9.51. The van der Waals surface area contributed by atoms with Gasteiger partial charge in [0, 0.05) is 12.8 Å². The van der Waals surface area contributed by atoms with E-state index in [-0.39, 0.29) is 32.2 Å². The lowest BCUT2D eigenvalue weighted by molar-refractivity contribution is -0.147. The van der Waals surface area contributed by atoms with E-state index in [0.717, 1.165) is 0 Å². The molecule has 0 aliphatic carbocycles. The van der Waals surface area contributed by atoms with Gasteiger partial charge in [0.05, 0.1) is 18.9 Å². The Hall–Kier alpha value is -5.91. The summed E-state index contributed by atoms with van der Waals surface area (Å²) < 4.78 is 0. The molecule has 0 heterocycles. The number of hydrogen-bond donors (Lipinski definition) is 13. The van der Waals surface area contributed by atoms with Crippen molar-refractivity contribution in [2.24, 2.45) is 34.8 Å². The first-order valence-electron chi connectivity index (χ1n) is 19.5. The summed E-state index contributed by atoms with van der Waals surface area (Å²) in [5.74, 6) is -13.4. The lowest BCUT2D eigenvalue weighted by Crippen LogP contribution is -2.61. The standard InChI is InChI=1S/C36H62N10O14/c1-5-17(3)28(45-30(53)19(38)15-25(40)48)34(57)43-21(10-12-24(39)47)32(55)41-20(9-7-8-14-37)31(54)42-22(11-13-26(49)50)33(56)46-29(18(4)6-2)35(58)44-23(36(59)60)16-27(51)52/h17-23,28-29H,5-16,37-38H2,1-4H3,(H2,39,47)(H2,40,48)(H,41,55)(H,42,54)(H,43,57)(H,44,58)(H,45,53)(H,46,56)(H,49,50)(H,51,52)(H,59,60)/t17-,18-,19-,20-,21-,22-,23-,28-,29-/m0/s1. The monoisotopic (exact) mass is 858 g/mol. The highest BCUT2D eigenvalue weighted by Crippen LogP contribution is 2.13. The van der Waals surface area contributed by atoms with Crippen LogP contribution < -0.4 is 54.8 Å². The molecule has 8 amide bonds. The molecule has 0 aromatic carbocycles. The molecular formula is C36H62N10O14. The van der Waals surface area contributed by atoms with E-state index in [2.05, 4.69) is 31.9 Å². The molecular weight excluding hydrogens is 796 g/mol. The molecule has 0 fully saturated rings. The summed E-state index contributed by atoms with van der Waals surface area (Å²) in [6, 6.07) is -10.7. The number of amides is 8. The third kappa shape index (κ3) is 20.7. The molecule has 0 saturated carbocycles. The number of aliphatic carboxylic acids is 3. The number of carbonyl (C=O) groups excluding carboxylic acids is 8. The number of nitrogens with two attached hydrogens (primary N) is 4. The minimum absolute atomic E-state index is 0.0973. The van der Waals surface area contributed by atoms with Gasteiger partial charge in [0.2, 0.25) is 47.3 Å². The van der Waals surface area contributed by atoms with Gasteiger partial charge in [0.25, 0.3) is 0 Å². The molecule has 24 nitrogen and oxygen atoms in total. The van der Waals surface area contributed by atoms with Crippen LogP contribution in [0.2, 0.25) is 0 Å². The van der Waals surface area contributed by atoms with Crippen molar-refractivity contribution in [3.05, 3.63) is 0 Å². The summed E-state index contributed by atoms with van der Waals surface area (Å²) in [4.78, 5) is 138. The normalized spacial score (nSPS) is 15.4. The largest absolute Gasteiger partial charge is 0.481 e. The number of nitrogens with one attached hydrogen (secondary N) is 6. The molecule has 0 saturated heterocycles. The van der Waals surface area contributed by atoms with Crippen LogP contribution in [-0.4, -0.2) is 129 Å². The average molecular weight is 859 g/mol. The molecule has 0 aliphatic heterocycles. The second-order valence-electron chi connectivity index (χ2n) is 14.4. The molecule has 0 aromatic heterocycles. The van der Waals surface area contributed by atoms with E-state index in [1.54, 1.807) is 20.8 Å². The van der Waals surface area contributed by atoms with E-state index in [9.17, 15) is 63.0 Å². The van der Waals surface area contributed by atoms with Crippen LogP contribution in [0.1, 0.15) is 98.3 Å². The number of unbranched alkanes of at least 4 members (excludes halogenated alkanes) is 1. The topological polar surface area (TPSA) is 425 Å². The molecule has 340 valence electrons. The third-order valence-electron chi connectivity index (χ3n) is 9.51. The fourth-order valence-electron chi connectivity index (χ4n) is 5.52. The zero-order valence-electron chi connectivity index (χ0n) is 34.3. The SMILES string of the molecule is CC[C@H](C)[C@H](NC(=O)[C@H](CCC(=O)O)NC(=O)[C@H](CCCCN)NC(=O)[C@H](CCC(N)=O)NC(=O)[C@@H](NC(=O)[C@@H](N)CC(N)=O)[C@@H](C)CC)C(=O)N[C@@H](CC(=O)O)C(=O)O. The van der Waals surface area contributed by atoms with Gasteiger partial charge in [-0.1, -0.05) is 40.5 Å². The van der Waals surface area contributed by atoms with Crippen molar-refractivity contribution in [1.29, 1.82) is 0 Å². The van der Waals surface area contributed by atoms with Gasteiger partial charge in [-0.3, -0.25) is 47.9 Å². The lowest BCUT2D eigenvalue weighted by atomic mass is 9.96. The lowest BCUT2D eigenvalue weighted by Gasteiger charge is -2.29. The zero-order chi connectivity index (χ0) is 46.3. The van der Waals surface area contributed by atoms with E-state index >= 15 is 0 Å². The van der Waals surface area contributed by atoms with Crippen molar-refractivity contribution in [2.75, 3.05) is 6.54 Å². The number of carbonyl (C=O) groups is 11. The van der Waals surface area contributed by atoms with Crippen molar-refractivity contribution < 1.29 is 68.1 Å². The second kappa shape index (κ2) is 27.7. The molecule has 0 aliphatic rings. The van der Waals surface area contributed by atoms with Gasteiger partial charge in [0.1, 0.15) is 36.3 Å². The van der Waals surface area contributed by atoms with E-state index in [1.807, 2.05) is 0 Å². The molecule has 24 heteroatoms. The Bertz CT molecular complexity index is 1550. The summed E-state index contributed by atoms with van der Waals surface area (Å²) in [5, 5.41) is 42.1. The van der Waals surface area contributed by atoms with Gasteiger partial charge >= 0.3 is 17.9 Å².